The summed E-state index contributed by atoms with van der Waals surface area (Å²) < 4.78 is 26.5. The van der Waals surface area contributed by atoms with Crippen LogP contribution in [0.4, 0.5) is 0 Å². The molecule has 6 heteroatoms. The fourth-order valence-corrected chi connectivity index (χ4v) is 2.85. The molecular weight excluding hydrogens is 298 g/mol. The number of halogens is 1. The predicted molar refractivity (Wildman–Crippen MR) is 78.5 cm³/mol. The van der Waals surface area contributed by atoms with Gasteiger partial charge in [-0.2, -0.15) is 0 Å². The number of sulfonamides is 1. The first-order valence-corrected chi connectivity index (χ1v) is 7.87. The third-order valence-electron chi connectivity index (χ3n) is 2.77. The number of phenolic OH excluding ortho intramolecular Hbond substituents is 1. The minimum absolute atomic E-state index is 0.188. The second kappa shape index (κ2) is 6.26. The molecule has 0 aromatic heterocycles. The van der Waals surface area contributed by atoms with Crippen LogP contribution in [0.25, 0.3) is 0 Å². The van der Waals surface area contributed by atoms with Crippen LogP contribution in [0.1, 0.15) is 5.56 Å². The van der Waals surface area contributed by atoms with Gasteiger partial charge in [0.05, 0.1) is 4.90 Å². The lowest BCUT2D eigenvalue weighted by molar-refractivity contribution is 0.475. The normalized spacial score (nSPS) is 11.4. The Balaban J connectivity index is 1.96. The average Bonchev–Trinajstić information content (AvgIpc) is 2.41. The number of phenols is 1. The Bertz CT molecular complexity index is 667. The highest BCUT2D eigenvalue weighted by Gasteiger charge is 2.12. The summed E-state index contributed by atoms with van der Waals surface area (Å²) in [6.45, 7) is 0.287. The number of hydrogen-bond donors (Lipinski definition) is 2. The van der Waals surface area contributed by atoms with Crippen molar-refractivity contribution in [3.05, 3.63) is 59.1 Å². The molecule has 0 heterocycles. The van der Waals surface area contributed by atoms with E-state index in [0.717, 1.165) is 5.56 Å². The Kier molecular flexibility index (Phi) is 4.65. The smallest absolute Gasteiger partial charge is 0.240 e. The van der Waals surface area contributed by atoms with Crippen molar-refractivity contribution in [3.63, 3.8) is 0 Å². The minimum Gasteiger partial charge on any atom is -0.508 e. The summed E-state index contributed by atoms with van der Waals surface area (Å²) in [6.07, 6.45) is 0.549. The summed E-state index contributed by atoms with van der Waals surface area (Å²) in [5.41, 5.74) is 0.946. The largest absolute Gasteiger partial charge is 0.508 e. The van der Waals surface area contributed by atoms with Crippen molar-refractivity contribution in [2.24, 2.45) is 0 Å². The molecule has 0 fully saturated rings. The van der Waals surface area contributed by atoms with Gasteiger partial charge in [-0.25, -0.2) is 13.1 Å². The van der Waals surface area contributed by atoms with Crippen LogP contribution >= 0.6 is 11.6 Å². The lowest BCUT2D eigenvalue weighted by atomic mass is 10.1. The second-order valence-electron chi connectivity index (χ2n) is 4.27. The molecule has 20 heavy (non-hydrogen) atoms. The van der Waals surface area contributed by atoms with E-state index in [2.05, 4.69) is 4.72 Å². The van der Waals surface area contributed by atoms with Gasteiger partial charge >= 0.3 is 0 Å². The van der Waals surface area contributed by atoms with Crippen LogP contribution in [0.2, 0.25) is 5.02 Å². The Labute approximate surface area is 123 Å². The maximum absolute atomic E-state index is 12.0. The lowest BCUT2D eigenvalue weighted by Crippen LogP contribution is -2.25. The van der Waals surface area contributed by atoms with Crippen molar-refractivity contribution in [3.8, 4) is 5.75 Å². The van der Waals surface area contributed by atoms with Gasteiger partial charge in [-0.15, -0.1) is 0 Å². The fraction of sp³-hybridized carbons (Fsp3) is 0.143. The quantitative estimate of drug-likeness (QED) is 0.892. The van der Waals surface area contributed by atoms with Crippen molar-refractivity contribution in [2.45, 2.75) is 11.3 Å². The van der Waals surface area contributed by atoms with E-state index in [1.54, 1.807) is 24.3 Å². The highest BCUT2D eigenvalue weighted by Crippen LogP contribution is 2.14. The zero-order valence-electron chi connectivity index (χ0n) is 10.6. The van der Waals surface area contributed by atoms with E-state index < -0.39 is 10.0 Å². The number of aromatic hydroxyl groups is 1. The molecule has 2 rings (SSSR count). The molecule has 2 aromatic carbocycles. The van der Waals surface area contributed by atoms with E-state index in [4.69, 9.17) is 16.7 Å². The maximum Gasteiger partial charge on any atom is 0.240 e. The molecule has 0 radical (unpaired) electrons. The molecule has 2 N–H and O–H groups in total. The van der Waals surface area contributed by atoms with Gasteiger partial charge in [-0.3, -0.25) is 0 Å². The summed E-state index contributed by atoms with van der Waals surface area (Å²) >= 11 is 5.72. The zero-order chi connectivity index (χ0) is 14.6. The molecule has 0 aliphatic carbocycles. The van der Waals surface area contributed by atoms with Gasteiger partial charge in [-0.05, 0) is 48.4 Å². The summed E-state index contributed by atoms with van der Waals surface area (Å²) in [5.74, 6) is 0.190. The van der Waals surface area contributed by atoms with Crippen LogP contribution in [-0.2, 0) is 16.4 Å². The van der Waals surface area contributed by atoms with E-state index in [0.29, 0.717) is 11.4 Å². The topological polar surface area (TPSA) is 66.4 Å². The maximum atomic E-state index is 12.0. The van der Waals surface area contributed by atoms with Crippen LogP contribution in [0.15, 0.2) is 53.4 Å². The Morgan fingerprint density at radius 2 is 1.60 bits per heavy atom. The van der Waals surface area contributed by atoms with E-state index in [1.165, 1.54) is 24.3 Å². The van der Waals surface area contributed by atoms with Crippen LogP contribution in [0, 0.1) is 0 Å². The molecule has 4 nitrogen and oxygen atoms in total. The van der Waals surface area contributed by atoms with Crippen molar-refractivity contribution in [2.75, 3.05) is 6.54 Å². The first-order chi connectivity index (χ1) is 9.47. The molecule has 106 valence electrons. The number of benzene rings is 2. The van der Waals surface area contributed by atoms with E-state index in [-0.39, 0.29) is 17.2 Å². The average molecular weight is 312 g/mol. The first kappa shape index (κ1) is 14.8. The van der Waals surface area contributed by atoms with Gasteiger partial charge in [0.1, 0.15) is 5.75 Å². The van der Waals surface area contributed by atoms with Gasteiger partial charge in [0.15, 0.2) is 0 Å². The van der Waals surface area contributed by atoms with Crippen molar-refractivity contribution < 1.29 is 13.5 Å². The predicted octanol–water partition coefficient (Wildman–Crippen LogP) is 2.57. The SMILES string of the molecule is O=S(=O)(NCCc1ccc(O)cc1)c1ccc(Cl)cc1. The molecule has 2 aromatic rings. The van der Waals surface area contributed by atoms with Gasteiger partial charge in [0, 0.05) is 11.6 Å². The molecule has 0 spiro atoms. The molecule has 0 amide bonds. The highest BCUT2D eigenvalue weighted by atomic mass is 35.5. The number of nitrogens with one attached hydrogen (secondary N) is 1. The molecular formula is C14H14ClNO3S. The minimum atomic E-state index is -3.51. The molecule has 0 bridgehead atoms. The molecule has 0 unspecified atom stereocenters. The fourth-order valence-electron chi connectivity index (χ4n) is 1.69. The van der Waals surface area contributed by atoms with Gasteiger partial charge in [0.2, 0.25) is 10.0 Å². The Morgan fingerprint density at radius 3 is 2.20 bits per heavy atom. The number of hydrogen-bond acceptors (Lipinski definition) is 3. The summed E-state index contributed by atoms with van der Waals surface area (Å²) in [4.78, 5) is 0.188. The van der Waals surface area contributed by atoms with Crippen molar-refractivity contribution in [1.29, 1.82) is 0 Å². The van der Waals surface area contributed by atoms with Gasteiger partial charge in [0.25, 0.3) is 0 Å². The van der Waals surface area contributed by atoms with E-state index in [1.807, 2.05) is 0 Å². The number of rotatable bonds is 5. The second-order valence-corrected chi connectivity index (χ2v) is 6.47. The summed E-state index contributed by atoms with van der Waals surface area (Å²) in [7, 11) is -3.51. The molecule has 0 aliphatic heterocycles. The monoisotopic (exact) mass is 311 g/mol. The standard InChI is InChI=1S/C14H14ClNO3S/c15-12-3-7-14(8-4-12)20(18,19)16-10-9-11-1-5-13(17)6-2-11/h1-8,16-17H,9-10H2. The summed E-state index contributed by atoms with van der Waals surface area (Å²) in [5, 5.41) is 9.65. The van der Waals surface area contributed by atoms with Crippen molar-refractivity contribution in [1.82, 2.24) is 4.72 Å². The van der Waals surface area contributed by atoms with E-state index in [9.17, 15) is 8.42 Å². The lowest BCUT2D eigenvalue weighted by Gasteiger charge is -2.07. The van der Waals surface area contributed by atoms with Gasteiger partial charge in [-0.1, -0.05) is 23.7 Å². The molecule has 0 atom stereocenters. The summed E-state index contributed by atoms with van der Waals surface area (Å²) in [6, 6.07) is 12.7. The highest BCUT2D eigenvalue weighted by molar-refractivity contribution is 7.89. The third-order valence-corrected chi connectivity index (χ3v) is 4.49. The molecule has 0 saturated carbocycles. The third kappa shape index (κ3) is 3.96. The van der Waals surface area contributed by atoms with Crippen molar-refractivity contribution >= 4 is 21.6 Å². The first-order valence-electron chi connectivity index (χ1n) is 6.00. The molecule has 0 aliphatic rings. The Hall–Kier alpha value is -1.56. The zero-order valence-corrected chi connectivity index (χ0v) is 12.2. The van der Waals surface area contributed by atoms with Crippen LogP contribution < -0.4 is 4.72 Å². The van der Waals surface area contributed by atoms with Crippen LogP contribution in [0.5, 0.6) is 5.75 Å². The Morgan fingerprint density at radius 1 is 1.00 bits per heavy atom. The van der Waals surface area contributed by atoms with E-state index >= 15 is 0 Å². The van der Waals surface area contributed by atoms with Crippen LogP contribution in [0.3, 0.4) is 0 Å². The molecule has 0 saturated heterocycles. The van der Waals surface area contributed by atoms with Gasteiger partial charge < -0.3 is 5.11 Å². The van der Waals surface area contributed by atoms with Crippen LogP contribution in [-0.4, -0.2) is 20.1 Å².